The summed E-state index contributed by atoms with van der Waals surface area (Å²) >= 11 is 0. The molecule has 21 heavy (non-hydrogen) atoms. The van der Waals surface area contributed by atoms with Crippen molar-refractivity contribution in [2.75, 3.05) is 18.0 Å². The molecule has 4 heteroatoms. The van der Waals surface area contributed by atoms with Gasteiger partial charge in [-0.15, -0.1) is 0 Å². The van der Waals surface area contributed by atoms with Crippen LogP contribution in [0.25, 0.3) is 10.9 Å². The number of nitrogens with zero attached hydrogens (tertiary/aromatic N) is 2. The van der Waals surface area contributed by atoms with Gasteiger partial charge < -0.3 is 10.6 Å². The Morgan fingerprint density at radius 2 is 1.95 bits per heavy atom. The van der Waals surface area contributed by atoms with Crippen molar-refractivity contribution in [3.8, 4) is 0 Å². The van der Waals surface area contributed by atoms with Gasteiger partial charge in [0.05, 0.1) is 11.4 Å². The first-order valence-corrected chi connectivity index (χ1v) is 7.45. The quantitative estimate of drug-likeness (QED) is 0.657. The largest absolute Gasteiger partial charge is 0.387 e. The Morgan fingerprint density at radius 3 is 2.62 bits per heavy atom. The monoisotopic (exact) mass is 282 g/mol. The van der Waals surface area contributed by atoms with E-state index in [1.807, 2.05) is 13.0 Å². The number of aryl methyl sites for hydroxylation is 1. The molecule has 110 valence electrons. The molecule has 1 saturated heterocycles. The zero-order valence-corrected chi connectivity index (χ0v) is 12.7. The first-order chi connectivity index (χ1) is 9.99. The number of para-hydroxylation sites is 1. The summed E-state index contributed by atoms with van der Waals surface area (Å²) in [7, 11) is 0. The van der Waals surface area contributed by atoms with Crippen molar-refractivity contribution in [2.24, 2.45) is 11.1 Å². The SMILES string of the molecule is Cc1cc(N2CCC(C)(C(=N)N)CC2)c2ccccc2n1. The fourth-order valence-corrected chi connectivity index (χ4v) is 3.06. The molecule has 0 radical (unpaired) electrons. The molecular formula is C17H22N4. The van der Waals surface area contributed by atoms with Crippen molar-refractivity contribution >= 4 is 22.4 Å². The minimum absolute atomic E-state index is 0.144. The average Bonchev–Trinajstić information content (AvgIpc) is 2.47. The zero-order chi connectivity index (χ0) is 15.0. The third kappa shape index (κ3) is 2.46. The van der Waals surface area contributed by atoms with E-state index in [2.05, 4.69) is 41.1 Å². The van der Waals surface area contributed by atoms with E-state index in [1.165, 1.54) is 11.1 Å². The van der Waals surface area contributed by atoms with Gasteiger partial charge in [0, 0.05) is 35.3 Å². The van der Waals surface area contributed by atoms with Gasteiger partial charge in [0.1, 0.15) is 0 Å². The van der Waals surface area contributed by atoms with Crippen LogP contribution in [-0.4, -0.2) is 23.9 Å². The standard InChI is InChI=1S/C17H22N4/c1-12-11-15(13-5-3-4-6-14(13)20-12)21-9-7-17(2,8-10-21)16(18)19/h3-6,11H,7-10H2,1-2H3,(H3,18,19). The van der Waals surface area contributed by atoms with Crippen LogP contribution in [0.3, 0.4) is 0 Å². The first-order valence-electron chi connectivity index (χ1n) is 7.45. The van der Waals surface area contributed by atoms with Gasteiger partial charge in [-0.3, -0.25) is 10.4 Å². The number of pyridine rings is 1. The number of amidine groups is 1. The van der Waals surface area contributed by atoms with Crippen LogP contribution in [0.5, 0.6) is 0 Å². The molecule has 0 atom stereocenters. The summed E-state index contributed by atoms with van der Waals surface area (Å²) < 4.78 is 0. The van der Waals surface area contributed by atoms with Crippen molar-refractivity contribution in [2.45, 2.75) is 26.7 Å². The second-order valence-corrected chi connectivity index (χ2v) is 6.26. The minimum atomic E-state index is -0.144. The highest BCUT2D eigenvalue weighted by Gasteiger charge is 2.33. The van der Waals surface area contributed by atoms with E-state index < -0.39 is 0 Å². The van der Waals surface area contributed by atoms with Crippen LogP contribution in [0.2, 0.25) is 0 Å². The molecule has 1 aromatic heterocycles. The summed E-state index contributed by atoms with van der Waals surface area (Å²) in [5.41, 5.74) is 8.96. The molecule has 0 amide bonds. The van der Waals surface area contributed by atoms with E-state index in [0.717, 1.165) is 37.1 Å². The lowest BCUT2D eigenvalue weighted by Crippen LogP contribution is -2.45. The van der Waals surface area contributed by atoms with Crippen LogP contribution < -0.4 is 10.6 Å². The topological polar surface area (TPSA) is 66.0 Å². The fraction of sp³-hybridized carbons (Fsp3) is 0.412. The minimum Gasteiger partial charge on any atom is -0.387 e. The molecule has 0 unspecified atom stereocenters. The van der Waals surface area contributed by atoms with Crippen molar-refractivity contribution < 1.29 is 0 Å². The Labute approximate surface area is 125 Å². The summed E-state index contributed by atoms with van der Waals surface area (Å²) in [5.74, 6) is 0.318. The molecule has 3 rings (SSSR count). The Balaban J connectivity index is 1.94. The number of hydrogen-bond donors (Lipinski definition) is 2. The predicted molar refractivity (Wildman–Crippen MR) is 87.9 cm³/mol. The number of hydrogen-bond acceptors (Lipinski definition) is 3. The summed E-state index contributed by atoms with van der Waals surface area (Å²) in [6.07, 6.45) is 1.86. The average molecular weight is 282 g/mol. The summed E-state index contributed by atoms with van der Waals surface area (Å²) in [6.45, 7) is 6.01. The molecule has 2 heterocycles. The highest BCUT2D eigenvalue weighted by atomic mass is 15.1. The number of nitrogens with one attached hydrogen (secondary N) is 1. The molecule has 2 aromatic rings. The van der Waals surface area contributed by atoms with Gasteiger partial charge in [0.2, 0.25) is 0 Å². The second kappa shape index (κ2) is 5.02. The highest BCUT2D eigenvalue weighted by Crippen LogP contribution is 2.35. The van der Waals surface area contributed by atoms with E-state index in [0.29, 0.717) is 5.84 Å². The van der Waals surface area contributed by atoms with Crippen molar-refractivity contribution in [3.05, 3.63) is 36.0 Å². The number of piperidine rings is 1. The van der Waals surface area contributed by atoms with Crippen LogP contribution in [0, 0.1) is 17.7 Å². The molecule has 3 N–H and O–H groups in total. The van der Waals surface area contributed by atoms with E-state index in [1.54, 1.807) is 0 Å². The maximum atomic E-state index is 7.77. The van der Waals surface area contributed by atoms with Crippen LogP contribution in [0.1, 0.15) is 25.5 Å². The van der Waals surface area contributed by atoms with Gasteiger partial charge in [0.15, 0.2) is 0 Å². The maximum Gasteiger partial charge on any atom is 0.0967 e. The van der Waals surface area contributed by atoms with Gasteiger partial charge >= 0.3 is 0 Å². The van der Waals surface area contributed by atoms with Crippen molar-refractivity contribution in [1.29, 1.82) is 5.41 Å². The smallest absolute Gasteiger partial charge is 0.0967 e. The van der Waals surface area contributed by atoms with Gasteiger partial charge in [0.25, 0.3) is 0 Å². The summed E-state index contributed by atoms with van der Waals surface area (Å²) in [6, 6.07) is 10.5. The summed E-state index contributed by atoms with van der Waals surface area (Å²) in [4.78, 5) is 7.01. The van der Waals surface area contributed by atoms with E-state index in [-0.39, 0.29) is 5.41 Å². The highest BCUT2D eigenvalue weighted by molar-refractivity contribution is 5.92. The molecule has 1 aromatic carbocycles. The number of benzene rings is 1. The molecule has 4 nitrogen and oxygen atoms in total. The number of nitrogens with two attached hydrogens (primary N) is 1. The number of aromatic nitrogens is 1. The lowest BCUT2D eigenvalue weighted by Gasteiger charge is -2.40. The van der Waals surface area contributed by atoms with Gasteiger partial charge in [-0.25, -0.2) is 0 Å². The maximum absolute atomic E-state index is 7.77. The van der Waals surface area contributed by atoms with Crippen molar-refractivity contribution in [3.63, 3.8) is 0 Å². The van der Waals surface area contributed by atoms with Crippen LogP contribution in [0.15, 0.2) is 30.3 Å². The first kappa shape index (κ1) is 13.9. The molecular weight excluding hydrogens is 260 g/mol. The fourth-order valence-electron chi connectivity index (χ4n) is 3.06. The summed E-state index contributed by atoms with van der Waals surface area (Å²) in [5, 5.41) is 8.97. The molecule has 1 aliphatic heterocycles. The molecule has 1 fully saturated rings. The van der Waals surface area contributed by atoms with E-state index in [4.69, 9.17) is 11.1 Å². The molecule has 0 spiro atoms. The number of anilines is 1. The lowest BCUT2D eigenvalue weighted by atomic mass is 9.79. The third-order valence-electron chi connectivity index (χ3n) is 4.68. The number of fused-ring (bicyclic) bond motifs is 1. The predicted octanol–water partition coefficient (Wildman–Crippen LogP) is 3.09. The van der Waals surface area contributed by atoms with E-state index in [9.17, 15) is 0 Å². The molecule has 1 aliphatic rings. The van der Waals surface area contributed by atoms with Gasteiger partial charge in [-0.05, 0) is 31.9 Å². The Morgan fingerprint density at radius 1 is 1.29 bits per heavy atom. The van der Waals surface area contributed by atoms with Crippen molar-refractivity contribution in [1.82, 2.24) is 4.98 Å². The van der Waals surface area contributed by atoms with Crippen LogP contribution in [-0.2, 0) is 0 Å². The normalized spacial score (nSPS) is 17.9. The Kier molecular flexibility index (Phi) is 3.32. The Hall–Kier alpha value is -2.10. The molecule has 0 bridgehead atoms. The van der Waals surface area contributed by atoms with Crippen LogP contribution in [0.4, 0.5) is 5.69 Å². The lowest BCUT2D eigenvalue weighted by molar-refractivity contribution is 0.351. The Bertz CT molecular complexity index is 684. The van der Waals surface area contributed by atoms with Crippen LogP contribution >= 0.6 is 0 Å². The molecule has 0 aliphatic carbocycles. The number of rotatable bonds is 2. The molecule has 0 saturated carbocycles. The van der Waals surface area contributed by atoms with Gasteiger partial charge in [-0.1, -0.05) is 25.1 Å². The second-order valence-electron chi connectivity index (χ2n) is 6.26. The third-order valence-corrected chi connectivity index (χ3v) is 4.68. The zero-order valence-electron chi connectivity index (χ0n) is 12.7. The van der Waals surface area contributed by atoms with E-state index >= 15 is 0 Å². The van der Waals surface area contributed by atoms with Gasteiger partial charge in [-0.2, -0.15) is 0 Å².